The Morgan fingerprint density at radius 1 is 1.19 bits per heavy atom. The smallest absolute Gasteiger partial charge is 0.156 e. The van der Waals surface area contributed by atoms with Crippen molar-refractivity contribution in [1.82, 2.24) is 4.98 Å². The fraction of sp³-hybridized carbons (Fsp3) is 0.294. The van der Waals surface area contributed by atoms with Gasteiger partial charge in [-0.25, -0.2) is 0 Å². The third kappa shape index (κ3) is 3.40. The highest BCUT2D eigenvalue weighted by Gasteiger charge is 2.20. The maximum atomic E-state index is 7.62. The number of nitrogen functional groups attached to an aromatic ring is 1. The van der Waals surface area contributed by atoms with Gasteiger partial charge in [-0.3, -0.25) is 10.4 Å². The highest BCUT2D eigenvalue weighted by molar-refractivity contribution is 5.97. The summed E-state index contributed by atoms with van der Waals surface area (Å²) in [7, 11) is 0. The molecule has 0 radical (unpaired) electrons. The van der Waals surface area contributed by atoms with Crippen LogP contribution in [0.5, 0.6) is 11.5 Å². The molecule has 0 atom stereocenters. The highest BCUT2D eigenvalue weighted by Crippen LogP contribution is 2.35. The molecule has 0 bridgehead atoms. The van der Waals surface area contributed by atoms with Crippen LogP contribution in [0.25, 0.3) is 0 Å². The normalized spacial score (nSPS) is 11.2. The number of nitrogens with two attached hydrogens (primary N) is 1. The summed E-state index contributed by atoms with van der Waals surface area (Å²) >= 11 is 0. The Balaban J connectivity index is 2.48. The summed E-state index contributed by atoms with van der Waals surface area (Å²) in [6, 6.07) is 7.77. The number of amidine groups is 1. The second-order valence-corrected chi connectivity index (χ2v) is 6.14. The zero-order valence-electron chi connectivity index (χ0n) is 12.9. The Hall–Kier alpha value is -2.36. The minimum atomic E-state index is -0.0417. The number of hydrogen-bond acceptors (Lipinski definition) is 3. The van der Waals surface area contributed by atoms with Crippen LogP contribution in [0.4, 0.5) is 0 Å². The van der Waals surface area contributed by atoms with E-state index in [-0.39, 0.29) is 11.3 Å². The summed E-state index contributed by atoms with van der Waals surface area (Å²) in [4.78, 5) is 4.06. The van der Waals surface area contributed by atoms with Crippen molar-refractivity contribution in [1.29, 1.82) is 5.41 Å². The van der Waals surface area contributed by atoms with Gasteiger partial charge in [-0.1, -0.05) is 38.5 Å². The number of hydrogen-bond donors (Lipinski definition) is 2. The maximum absolute atomic E-state index is 7.62. The summed E-state index contributed by atoms with van der Waals surface area (Å²) in [6.45, 7) is 8.49. The Labute approximate surface area is 125 Å². The molecule has 0 aliphatic rings. The zero-order valence-corrected chi connectivity index (χ0v) is 12.9. The van der Waals surface area contributed by atoms with Gasteiger partial charge in [0.05, 0.1) is 11.8 Å². The second-order valence-electron chi connectivity index (χ2n) is 6.14. The lowest BCUT2D eigenvalue weighted by Crippen LogP contribution is -2.15. The van der Waals surface area contributed by atoms with Crippen LogP contribution in [0.15, 0.2) is 36.7 Å². The van der Waals surface area contributed by atoms with Crippen LogP contribution in [-0.4, -0.2) is 10.8 Å². The molecule has 0 aliphatic carbocycles. The molecule has 1 aromatic heterocycles. The molecule has 1 aromatic carbocycles. The van der Waals surface area contributed by atoms with Gasteiger partial charge in [0.2, 0.25) is 0 Å². The SMILES string of the molecule is Cc1ccc(Oc2cnccc2C(=N)N)c(C(C)(C)C)c1. The van der Waals surface area contributed by atoms with Crippen LogP contribution < -0.4 is 10.5 Å². The first kappa shape index (κ1) is 15.0. The van der Waals surface area contributed by atoms with Crippen molar-refractivity contribution in [2.24, 2.45) is 5.73 Å². The lowest BCUT2D eigenvalue weighted by molar-refractivity contribution is 0.452. The van der Waals surface area contributed by atoms with Gasteiger partial charge < -0.3 is 10.5 Å². The number of pyridine rings is 1. The highest BCUT2D eigenvalue weighted by atomic mass is 16.5. The monoisotopic (exact) mass is 283 g/mol. The molecule has 3 N–H and O–H groups in total. The molecule has 4 heteroatoms. The molecule has 0 saturated carbocycles. The van der Waals surface area contributed by atoms with Crippen LogP contribution in [0.3, 0.4) is 0 Å². The van der Waals surface area contributed by atoms with Gasteiger partial charge >= 0.3 is 0 Å². The molecule has 110 valence electrons. The Bertz CT molecular complexity index is 672. The molecule has 21 heavy (non-hydrogen) atoms. The summed E-state index contributed by atoms with van der Waals surface area (Å²) in [5.74, 6) is 1.24. The predicted molar refractivity (Wildman–Crippen MR) is 85.2 cm³/mol. The number of ether oxygens (including phenoxy) is 1. The van der Waals surface area contributed by atoms with E-state index in [1.54, 1.807) is 18.5 Å². The lowest BCUT2D eigenvalue weighted by atomic mass is 9.85. The molecule has 0 unspecified atom stereocenters. The third-order valence-electron chi connectivity index (χ3n) is 3.24. The van der Waals surface area contributed by atoms with Crippen molar-refractivity contribution >= 4 is 5.84 Å². The minimum absolute atomic E-state index is 0.0307. The average Bonchev–Trinajstić information content (AvgIpc) is 2.40. The molecule has 0 aliphatic heterocycles. The zero-order chi connectivity index (χ0) is 15.6. The van der Waals surface area contributed by atoms with Crippen LogP contribution >= 0.6 is 0 Å². The standard InChI is InChI=1S/C17H21N3O/c1-11-5-6-14(13(9-11)17(2,3)4)21-15-10-20-8-7-12(15)16(18)19/h5-10H,1-4H3,(H3,18,19). The number of nitrogens with one attached hydrogen (secondary N) is 1. The lowest BCUT2D eigenvalue weighted by Gasteiger charge is -2.23. The van der Waals surface area contributed by atoms with Crippen LogP contribution in [0.1, 0.15) is 37.5 Å². The van der Waals surface area contributed by atoms with E-state index in [4.69, 9.17) is 15.9 Å². The predicted octanol–water partition coefficient (Wildman–Crippen LogP) is 3.76. The first-order chi connectivity index (χ1) is 9.79. The summed E-state index contributed by atoms with van der Waals surface area (Å²) in [5.41, 5.74) is 8.39. The molecular weight excluding hydrogens is 262 g/mol. The first-order valence-electron chi connectivity index (χ1n) is 6.86. The van der Waals surface area contributed by atoms with Gasteiger partial charge in [0.15, 0.2) is 5.75 Å². The number of aryl methyl sites for hydroxylation is 1. The Kier molecular flexibility index (Phi) is 3.98. The molecule has 1 heterocycles. The van der Waals surface area contributed by atoms with E-state index in [1.807, 2.05) is 12.1 Å². The molecule has 2 rings (SSSR count). The quantitative estimate of drug-likeness (QED) is 0.665. The molecule has 2 aromatic rings. The fourth-order valence-electron chi connectivity index (χ4n) is 2.12. The Morgan fingerprint density at radius 3 is 2.52 bits per heavy atom. The topological polar surface area (TPSA) is 72.0 Å². The van der Waals surface area contributed by atoms with E-state index in [2.05, 4.69) is 38.7 Å². The number of rotatable bonds is 3. The second kappa shape index (κ2) is 5.56. The average molecular weight is 283 g/mol. The molecule has 0 saturated heterocycles. The number of nitrogens with zero attached hydrogens (tertiary/aromatic N) is 1. The van der Waals surface area contributed by atoms with Crippen molar-refractivity contribution in [2.45, 2.75) is 33.1 Å². The van der Waals surface area contributed by atoms with E-state index in [0.717, 1.165) is 11.3 Å². The van der Waals surface area contributed by atoms with Gasteiger partial charge in [0.25, 0.3) is 0 Å². The molecule has 4 nitrogen and oxygen atoms in total. The number of benzene rings is 1. The van der Waals surface area contributed by atoms with Crippen LogP contribution in [0, 0.1) is 12.3 Å². The van der Waals surface area contributed by atoms with E-state index < -0.39 is 0 Å². The summed E-state index contributed by atoms with van der Waals surface area (Å²) in [5, 5.41) is 7.62. The van der Waals surface area contributed by atoms with E-state index >= 15 is 0 Å². The largest absolute Gasteiger partial charge is 0.455 e. The van der Waals surface area contributed by atoms with Crippen molar-refractivity contribution in [3.8, 4) is 11.5 Å². The van der Waals surface area contributed by atoms with Crippen molar-refractivity contribution in [3.05, 3.63) is 53.3 Å². The maximum Gasteiger partial charge on any atom is 0.156 e. The van der Waals surface area contributed by atoms with Crippen LogP contribution in [0.2, 0.25) is 0 Å². The fourth-order valence-corrected chi connectivity index (χ4v) is 2.12. The minimum Gasteiger partial charge on any atom is -0.455 e. The van der Waals surface area contributed by atoms with E-state index in [9.17, 15) is 0 Å². The molecule has 0 fully saturated rings. The molecular formula is C17H21N3O. The first-order valence-corrected chi connectivity index (χ1v) is 6.86. The Morgan fingerprint density at radius 2 is 1.90 bits per heavy atom. The number of aromatic nitrogens is 1. The summed E-state index contributed by atoms with van der Waals surface area (Å²) in [6.07, 6.45) is 3.19. The van der Waals surface area contributed by atoms with Gasteiger partial charge in [0.1, 0.15) is 11.6 Å². The third-order valence-corrected chi connectivity index (χ3v) is 3.24. The van der Waals surface area contributed by atoms with Gasteiger partial charge in [0, 0.05) is 11.8 Å². The molecule has 0 amide bonds. The van der Waals surface area contributed by atoms with E-state index in [1.165, 1.54) is 5.56 Å². The summed E-state index contributed by atoms with van der Waals surface area (Å²) < 4.78 is 6.00. The van der Waals surface area contributed by atoms with Crippen molar-refractivity contribution in [2.75, 3.05) is 0 Å². The van der Waals surface area contributed by atoms with Crippen molar-refractivity contribution < 1.29 is 4.74 Å². The van der Waals surface area contributed by atoms with Crippen LogP contribution in [-0.2, 0) is 5.41 Å². The van der Waals surface area contributed by atoms with Gasteiger partial charge in [-0.15, -0.1) is 0 Å². The molecule has 0 spiro atoms. The van der Waals surface area contributed by atoms with Gasteiger partial charge in [-0.2, -0.15) is 0 Å². The van der Waals surface area contributed by atoms with Gasteiger partial charge in [-0.05, 0) is 24.5 Å². The van der Waals surface area contributed by atoms with E-state index in [0.29, 0.717) is 11.3 Å². The van der Waals surface area contributed by atoms with Crippen molar-refractivity contribution in [3.63, 3.8) is 0 Å².